The van der Waals surface area contributed by atoms with E-state index < -0.39 is 15.3 Å². The normalized spacial score (nSPS) is 19.5. The lowest BCUT2D eigenvalue weighted by Gasteiger charge is -2.04. The number of aromatic nitrogens is 1. The average Bonchev–Trinajstić information content (AvgIpc) is 2.89. The molecule has 6 nitrogen and oxygen atoms in total. The SMILES string of the molecule is O=C1NC(=NS(=O)(=O)c2ccccn2)SC1Cc1ccc(F)cc1. The summed E-state index contributed by atoms with van der Waals surface area (Å²) in [4.78, 5) is 15.7. The summed E-state index contributed by atoms with van der Waals surface area (Å²) in [7, 11) is -3.98. The van der Waals surface area contributed by atoms with Gasteiger partial charge < -0.3 is 5.32 Å². The minimum atomic E-state index is -3.98. The van der Waals surface area contributed by atoms with Crippen molar-refractivity contribution in [3.8, 4) is 0 Å². The summed E-state index contributed by atoms with van der Waals surface area (Å²) in [6.45, 7) is 0. The Morgan fingerprint density at radius 1 is 1.21 bits per heavy atom. The number of thioether (sulfide) groups is 1. The highest BCUT2D eigenvalue weighted by Crippen LogP contribution is 2.25. The molecule has 0 radical (unpaired) electrons. The van der Waals surface area contributed by atoms with E-state index in [9.17, 15) is 17.6 Å². The summed E-state index contributed by atoms with van der Waals surface area (Å²) < 4.78 is 40.8. The van der Waals surface area contributed by atoms with Crippen molar-refractivity contribution in [1.29, 1.82) is 0 Å². The quantitative estimate of drug-likeness (QED) is 0.892. The van der Waals surface area contributed by atoms with Crippen LogP contribution in [0.3, 0.4) is 0 Å². The number of pyridine rings is 1. The Morgan fingerprint density at radius 3 is 2.62 bits per heavy atom. The molecule has 2 aromatic rings. The van der Waals surface area contributed by atoms with Crippen LogP contribution in [0.15, 0.2) is 58.1 Å². The number of amides is 1. The minimum absolute atomic E-state index is 0.0118. The lowest BCUT2D eigenvalue weighted by Crippen LogP contribution is -2.26. The first kappa shape index (κ1) is 16.6. The first-order valence-corrected chi connectivity index (χ1v) is 9.24. The van der Waals surface area contributed by atoms with Gasteiger partial charge in [-0.2, -0.15) is 8.42 Å². The maximum absolute atomic E-state index is 12.9. The van der Waals surface area contributed by atoms with Gasteiger partial charge in [-0.25, -0.2) is 9.37 Å². The number of halogens is 1. The van der Waals surface area contributed by atoms with Gasteiger partial charge in [0, 0.05) is 6.20 Å². The van der Waals surface area contributed by atoms with Crippen LogP contribution in [0.5, 0.6) is 0 Å². The van der Waals surface area contributed by atoms with E-state index in [1.165, 1.54) is 30.5 Å². The Labute approximate surface area is 142 Å². The molecular formula is C15H12FN3O3S2. The molecule has 124 valence electrons. The van der Waals surface area contributed by atoms with Crippen molar-refractivity contribution in [2.75, 3.05) is 0 Å². The predicted molar refractivity (Wildman–Crippen MR) is 88.5 cm³/mol. The van der Waals surface area contributed by atoms with E-state index in [-0.39, 0.29) is 21.9 Å². The van der Waals surface area contributed by atoms with E-state index in [1.54, 1.807) is 18.2 Å². The van der Waals surface area contributed by atoms with Gasteiger partial charge in [0.05, 0.1) is 5.25 Å². The van der Waals surface area contributed by atoms with E-state index >= 15 is 0 Å². The van der Waals surface area contributed by atoms with E-state index in [2.05, 4.69) is 14.7 Å². The molecule has 1 unspecified atom stereocenters. The third kappa shape index (κ3) is 3.80. The summed E-state index contributed by atoms with van der Waals surface area (Å²) in [5.41, 5.74) is 0.776. The first-order valence-electron chi connectivity index (χ1n) is 6.92. The van der Waals surface area contributed by atoms with Crippen molar-refractivity contribution < 1.29 is 17.6 Å². The molecule has 24 heavy (non-hydrogen) atoms. The Bertz CT molecular complexity index is 884. The standard InChI is InChI=1S/C15H12FN3O3S2/c16-11-6-4-10(5-7-11)9-12-14(20)18-15(23-12)19-24(21,22)13-3-1-2-8-17-13/h1-8,12H,9H2,(H,18,19,20). The summed E-state index contributed by atoms with van der Waals surface area (Å²) in [6.07, 6.45) is 1.70. The van der Waals surface area contributed by atoms with Crippen LogP contribution in [0.25, 0.3) is 0 Å². The molecule has 0 bridgehead atoms. The molecule has 1 amide bonds. The number of benzene rings is 1. The fourth-order valence-electron chi connectivity index (χ4n) is 2.07. The van der Waals surface area contributed by atoms with Crippen LogP contribution >= 0.6 is 11.8 Å². The molecule has 0 saturated carbocycles. The maximum Gasteiger partial charge on any atom is 0.302 e. The van der Waals surface area contributed by atoms with Gasteiger partial charge in [0.25, 0.3) is 0 Å². The van der Waals surface area contributed by atoms with Crippen molar-refractivity contribution in [1.82, 2.24) is 10.3 Å². The average molecular weight is 365 g/mol. The maximum atomic E-state index is 12.9. The molecule has 3 rings (SSSR count). The summed E-state index contributed by atoms with van der Waals surface area (Å²) in [5, 5.41) is 1.76. The third-order valence-corrected chi connectivity index (χ3v) is 5.61. The molecule has 1 N–H and O–H groups in total. The summed E-state index contributed by atoms with van der Waals surface area (Å²) in [6, 6.07) is 10.3. The molecule has 2 heterocycles. The number of carbonyl (C=O) groups excluding carboxylic acids is 1. The Balaban J connectivity index is 1.75. The zero-order valence-corrected chi connectivity index (χ0v) is 13.8. The van der Waals surface area contributed by atoms with Crippen LogP contribution < -0.4 is 5.32 Å². The summed E-state index contributed by atoms with van der Waals surface area (Å²) in [5.74, 6) is -0.690. The molecule has 1 aliphatic heterocycles. The van der Waals surface area contributed by atoms with Crippen molar-refractivity contribution in [2.24, 2.45) is 4.40 Å². The molecule has 9 heteroatoms. The highest BCUT2D eigenvalue weighted by atomic mass is 32.2. The van der Waals surface area contributed by atoms with Crippen LogP contribution in [0.4, 0.5) is 4.39 Å². The number of nitrogens with one attached hydrogen (secondary N) is 1. The van der Waals surface area contributed by atoms with Gasteiger partial charge in [0.2, 0.25) is 5.91 Å². The van der Waals surface area contributed by atoms with Gasteiger partial charge in [-0.15, -0.1) is 4.40 Å². The number of amidine groups is 1. The minimum Gasteiger partial charge on any atom is -0.304 e. The van der Waals surface area contributed by atoms with E-state index in [4.69, 9.17) is 0 Å². The van der Waals surface area contributed by atoms with Crippen LogP contribution in [0, 0.1) is 5.82 Å². The van der Waals surface area contributed by atoms with Gasteiger partial charge in [-0.3, -0.25) is 4.79 Å². The zero-order valence-electron chi connectivity index (χ0n) is 12.2. The van der Waals surface area contributed by atoms with Crippen LogP contribution in [-0.2, 0) is 21.2 Å². The second-order valence-electron chi connectivity index (χ2n) is 4.97. The van der Waals surface area contributed by atoms with Gasteiger partial charge in [0.15, 0.2) is 10.2 Å². The molecule has 1 aromatic carbocycles. The van der Waals surface area contributed by atoms with E-state index in [0.717, 1.165) is 17.3 Å². The van der Waals surface area contributed by atoms with Crippen molar-refractivity contribution >= 4 is 32.9 Å². The molecule has 1 saturated heterocycles. The largest absolute Gasteiger partial charge is 0.304 e. The van der Waals surface area contributed by atoms with Crippen molar-refractivity contribution in [2.45, 2.75) is 16.7 Å². The second kappa shape index (κ2) is 6.70. The molecule has 0 spiro atoms. The molecule has 1 aromatic heterocycles. The first-order chi connectivity index (χ1) is 11.4. The molecule has 1 atom stereocenters. The number of hydrogen-bond acceptors (Lipinski definition) is 5. The van der Waals surface area contributed by atoms with Crippen LogP contribution in [-0.4, -0.2) is 29.7 Å². The number of hydrogen-bond donors (Lipinski definition) is 1. The molecular weight excluding hydrogens is 353 g/mol. The number of nitrogens with zero attached hydrogens (tertiary/aromatic N) is 2. The van der Waals surface area contributed by atoms with Gasteiger partial charge in [-0.05, 0) is 36.2 Å². The highest BCUT2D eigenvalue weighted by molar-refractivity contribution is 8.16. The molecule has 1 aliphatic rings. The topological polar surface area (TPSA) is 88.5 Å². The number of rotatable bonds is 4. The Morgan fingerprint density at radius 2 is 1.96 bits per heavy atom. The monoisotopic (exact) mass is 365 g/mol. The van der Waals surface area contributed by atoms with Crippen molar-refractivity contribution in [3.63, 3.8) is 0 Å². The van der Waals surface area contributed by atoms with E-state index in [1.807, 2.05) is 0 Å². The predicted octanol–water partition coefficient (Wildman–Crippen LogP) is 1.74. The molecule has 0 aliphatic carbocycles. The van der Waals surface area contributed by atoms with Crippen LogP contribution in [0.2, 0.25) is 0 Å². The van der Waals surface area contributed by atoms with Crippen molar-refractivity contribution in [3.05, 3.63) is 60.0 Å². The lowest BCUT2D eigenvalue weighted by molar-refractivity contribution is -0.118. The fraction of sp³-hybridized carbons (Fsp3) is 0.133. The summed E-state index contributed by atoms with van der Waals surface area (Å²) >= 11 is 1.03. The van der Waals surface area contributed by atoms with Gasteiger partial charge >= 0.3 is 10.0 Å². The number of sulfonamides is 1. The third-order valence-electron chi connectivity index (χ3n) is 3.22. The highest BCUT2D eigenvalue weighted by Gasteiger charge is 2.32. The van der Waals surface area contributed by atoms with E-state index in [0.29, 0.717) is 6.42 Å². The molecule has 1 fully saturated rings. The Kier molecular flexibility index (Phi) is 4.63. The zero-order chi connectivity index (χ0) is 17.2. The lowest BCUT2D eigenvalue weighted by atomic mass is 10.1. The Hall–Kier alpha value is -2.26. The van der Waals surface area contributed by atoms with Crippen LogP contribution in [0.1, 0.15) is 5.56 Å². The fourth-order valence-corrected chi connectivity index (χ4v) is 4.21. The number of carbonyl (C=O) groups is 1. The van der Waals surface area contributed by atoms with Gasteiger partial charge in [0.1, 0.15) is 5.82 Å². The van der Waals surface area contributed by atoms with Gasteiger partial charge in [-0.1, -0.05) is 30.0 Å². The second-order valence-corrected chi connectivity index (χ2v) is 7.71. The smallest absolute Gasteiger partial charge is 0.302 e.